The van der Waals surface area contributed by atoms with Crippen LogP contribution in [0.25, 0.3) is 0 Å². The molecule has 1 aromatic heterocycles. The molecule has 1 N–H and O–H groups in total. The zero-order valence-electron chi connectivity index (χ0n) is 16.4. The van der Waals surface area contributed by atoms with E-state index in [0.29, 0.717) is 22.0 Å². The van der Waals surface area contributed by atoms with Crippen molar-refractivity contribution < 1.29 is 17.6 Å². The van der Waals surface area contributed by atoms with Crippen LogP contribution in [0.4, 0.5) is 5.69 Å². The Bertz CT molecular complexity index is 1160. The summed E-state index contributed by atoms with van der Waals surface area (Å²) in [6, 6.07) is 14.6. The maximum Gasteiger partial charge on any atom is 0.264 e. The van der Waals surface area contributed by atoms with Crippen LogP contribution in [0.15, 0.2) is 75.3 Å². The van der Waals surface area contributed by atoms with Crippen molar-refractivity contribution in [3.63, 3.8) is 0 Å². The number of rotatable bonds is 7. The highest BCUT2D eigenvalue weighted by Gasteiger charge is 2.28. The summed E-state index contributed by atoms with van der Waals surface area (Å²) in [5, 5.41) is 4.27. The van der Waals surface area contributed by atoms with E-state index in [1.165, 1.54) is 24.6 Å². The zero-order valence-corrected chi connectivity index (χ0v) is 17.9. The highest BCUT2D eigenvalue weighted by atomic mass is 35.5. The van der Waals surface area contributed by atoms with Gasteiger partial charge in [0.2, 0.25) is 0 Å². The maximum atomic E-state index is 13.3. The molecular formula is C21H20ClN3O4S. The van der Waals surface area contributed by atoms with E-state index in [1.54, 1.807) is 49.4 Å². The number of amides is 1. The fourth-order valence-electron chi connectivity index (χ4n) is 2.73. The molecule has 0 aliphatic carbocycles. The van der Waals surface area contributed by atoms with Crippen LogP contribution < -0.4 is 9.73 Å². The minimum atomic E-state index is -4.01. The third kappa shape index (κ3) is 5.08. The van der Waals surface area contributed by atoms with Gasteiger partial charge in [0.1, 0.15) is 12.3 Å². The Kier molecular flexibility index (Phi) is 6.59. The van der Waals surface area contributed by atoms with Gasteiger partial charge in [-0.2, -0.15) is 5.10 Å². The Balaban J connectivity index is 1.91. The van der Waals surface area contributed by atoms with E-state index in [9.17, 15) is 13.2 Å². The summed E-state index contributed by atoms with van der Waals surface area (Å²) >= 11 is 6.02. The number of hydrazone groups is 1. The van der Waals surface area contributed by atoms with Gasteiger partial charge < -0.3 is 4.42 Å². The molecule has 2 aromatic carbocycles. The summed E-state index contributed by atoms with van der Waals surface area (Å²) in [5.74, 6) is -0.157. The molecule has 3 rings (SSSR count). The van der Waals surface area contributed by atoms with Crippen molar-refractivity contribution in [1.82, 2.24) is 5.43 Å². The Labute approximate surface area is 180 Å². The lowest BCUT2D eigenvalue weighted by atomic mass is 10.2. The van der Waals surface area contributed by atoms with Crippen molar-refractivity contribution in [2.24, 2.45) is 5.10 Å². The largest absolute Gasteiger partial charge is 0.463 e. The highest BCUT2D eigenvalue weighted by molar-refractivity contribution is 7.92. The predicted molar refractivity (Wildman–Crippen MR) is 116 cm³/mol. The number of hydrogen-bond donors (Lipinski definition) is 1. The Morgan fingerprint density at radius 2 is 1.90 bits per heavy atom. The number of nitrogens with zero attached hydrogens (tertiary/aromatic N) is 2. The first kappa shape index (κ1) is 21.6. The summed E-state index contributed by atoms with van der Waals surface area (Å²) in [5.41, 5.74) is 4.22. The van der Waals surface area contributed by atoms with E-state index < -0.39 is 22.5 Å². The molecule has 0 aliphatic heterocycles. The van der Waals surface area contributed by atoms with Gasteiger partial charge in [0.05, 0.1) is 23.1 Å². The van der Waals surface area contributed by atoms with Crippen molar-refractivity contribution in [2.45, 2.75) is 18.7 Å². The van der Waals surface area contributed by atoms with Gasteiger partial charge in [-0.15, -0.1) is 0 Å². The second kappa shape index (κ2) is 9.15. The van der Waals surface area contributed by atoms with E-state index in [4.69, 9.17) is 16.0 Å². The number of anilines is 1. The van der Waals surface area contributed by atoms with Gasteiger partial charge in [-0.05, 0) is 61.9 Å². The average molecular weight is 446 g/mol. The number of halogens is 1. The molecule has 3 aromatic rings. The topological polar surface area (TPSA) is 92.0 Å². The molecule has 0 fully saturated rings. The number of benzene rings is 2. The van der Waals surface area contributed by atoms with Gasteiger partial charge in [-0.25, -0.2) is 13.8 Å². The first-order valence-electron chi connectivity index (χ1n) is 8.98. The van der Waals surface area contributed by atoms with E-state index >= 15 is 0 Å². The Hall–Kier alpha value is -3.10. The van der Waals surface area contributed by atoms with E-state index in [-0.39, 0.29) is 4.90 Å². The first-order chi connectivity index (χ1) is 14.3. The minimum Gasteiger partial charge on any atom is -0.463 e. The molecule has 1 heterocycles. The molecule has 9 heteroatoms. The minimum absolute atomic E-state index is 0.0781. The van der Waals surface area contributed by atoms with Crippen LogP contribution >= 0.6 is 11.6 Å². The number of furan rings is 1. The van der Waals surface area contributed by atoms with Gasteiger partial charge in [-0.3, -0.25) is 9.10 Å². The highest BCUT2D eigenvalue weighted by Crippen LogP contribution is 2.28. The number of nitrogens with one attached hydrogen (secondary N) is 1. The fourth-order valence-corrected chi connectivity index (χ4v) is 4.45. The summed E-state index contributed by atoms with van der Waals surface area (Å²) in [6.45, 7) is 3.13. The smallest absolute Gasteiger partial charge is 0.264 e. The van der Waals surface area contributed by atoms with Gasteiger partial charge in [0.15, 0.2) is 0 Å². The molecule has 1 amide bonds. The molecule has 0 aliphatic rings. The molecule has 0 atom stereocenters. The van der Waals surface area contributed by atoms with E-state index in [1.807, 2.05) is 6.92 Å². The summed E-state index contributed by atoms with van der Waals surface area (Å²) in [7, 11) is -4.01. The predicted octanol–water partition coefficient (Wildman–Crippen LogP) is 3.90. The quantitative estimate of drug-likeness (QED) is 0.441. The Morgan fingerprint density at radius 1 is 1.17 bits per heavy atom. The molecule has 0 bridgehead atoms. The van der Waals surface area contributed by atoms with Crippen LogP contribution in [-0.2, 0) is 14.8 Å². The van der Waals surface area contributed by atoms with Gasteiger partial charge >= 0.3 is 0 Å². The zero-order chi connectivity index (χ0) is 21.7. The summed E-state index contributed by atoms with van der Waals surface area (Å²) < 4.78 is 32.8. The lowest BCUT2D eigenvalue weighted by molar-refractivity contribution is -0.119. The van der Waals surface area contributed by atoms with Crippen LogP contribution in [0.2, 0.25) is 5.02 Å². The van der Waals surface area contributed by atoms with Crippen LogP contribution in [-0.4, -0.2) is 27.1 Å². The number of carbonyl (C=O) groups excluding carboxylic acids is 1. The van der Waals surface area contributed by atoms with E-state index in [2.05, 4.69) is 10.5 Å². The third-order valence-corrected chi connectivity index (χ3v) is 6.26. The molecule has 30 heavy (non-hydrogen) atoms. The standard InChI is InChI=1S/C21H20ClN3O4S/c1-15-5-8-19(9-6-15)30(27,28)25(20-10-7-17(22)12-16(20)2)14-21(26)24-23-13-18-4-3-11-29-18/h3-13H,14H2,1-2H3,(H,24,26)/b23-13+. The number of hydrogen-bond acceptors (Lipinski definition) is 5. The number of carbonyl (C=O) groups is 1. The van der Waals surface area contributed by atoms with Crippen molar-refractivity contribution in [1.29, 1.82) is 0 Å². The molecule has 156 valence electrons. The lowest BCUT2D eigenvalue weighted by Gasteiger charge is -2.25. The van der Waals surface area contributed by atoms with Crippen LogP contribution in [0.3, 0.4) is 0 Å². The molecule has 0 radical (unpaired) electrons. The van der Waals surface area contributed by atoms with Crippen molar-refractivity contribution in [2.75, 3.05) is 10.8 Å². The lowest BCUT2D eigenvalue weighted by Crippen LogP contribution is -2.40. The second-order valence-corrected chi connectivity index (χ2v) is 8.86. The van der Waals surface area contributed by atoms with Crippen molar-refractivity contribution in [3.8, 4) is 0 Å². The Morgan fingerprint density at radius 3 is 2.53 bits per heavy atom. The van der Waals surface area contributed by atoms with Gasteiger partial charge in [-0.1, -0.05) is 29.3 Å². The van der Waals surface area contributed by atoms with E-state index in [0.717, 1.165) is 9.87 Å². The second-order valence-electron chi connectivity index (χ2n) is 6.56. The average Bonchev–Trinajstić information content (AvgIpc) is 3.20. The summed E-state index contributed by atoms with van der Waals surface area (Å²) in [4.78, 5) is 12.6. The molecule has 0 spiro atoms. The molecule has 7 nitrogen and oxygen atoms in total. The van der Waals surface area contributed by atoms with Gasteiger partial charge in [0.25, 0.3) is 15.9 Å². The first-order valence-corrected chi connectivity index (χ1v) is 10.8. The van der Waals surface area contributed by atoms with Crippen LogP contribution in [0.1, 0.15) is 16.9 Å². The van der Waals surface area contributed by atoms with Crippen LogP contribution in [0, 0.1) is 13.8 Å². The fraction of sp³-hybridized carbons (Fsp3) is 0.143. The van der Waals surface area contributed by atoms with Gasteiger partial charge in [0, 0.05) is 5.02 Å². The monoisotopic (exact) mass is 445 g/mol. The molecule has 0 unspecified atom stereocenters. The third-order valence-electron chi connectivity index (χ3n) is 4.25. The molecule has 0 saturated carbocycles. The maximum absolute atomic E-state index is 13.3. The normalized spacial score (nSPS) is 11.6. The number of sulfonamides is 1. The van der Waals surface area contributed by atoms with Crippen molar-refractivity contribution in [3.05, 3.63) is 82.8 Å². The van der Waals surface area contributed by atoms with Crippen LogP contribution in [0.5, 0.6) is 0 Å². The molecule has 0 saturated heterocycles. The summed E-state index contributed by atoms with van der Waals surface area (Å²) in [6.07, 6.45) is 2.80. The van der Waals surface area contributed by atoms with Crippen molar-refractivity contribution >= 4 is 39.4 Å². The SMILES string of the molecule is Cc1ccc(S(=O)(=O)N(CC(=O)N/N=C/c2ccco2)c2ccc(Cl)cc2C)cc1. The molecular weight excluding hydrogens is 426 g/mol. The number of aryl methyl sites for hydroxylation is 2.